The molecule has 4 rings (SSSR count). The van der Waals surface area contributed by atoms with Gasteiger partial charge in [-0.3, -0.25) is 9.69 Å². The van der Waals surface area contributed by atoms with Crippen molar-refractivity contribution in [2.24, 2.45) is 0 Å². The molecule has 1 amide bonds. The monoisotopic (exact) mass is 366 g/mol. The maximum absolute atomic E-state index is 13.0. The Bertz CT molecular complexity index is 808. The van der Waals surface area contributed by atoms with Crippen LogP contribution in [-0.4, -0.2) is 61.7 Å². The summed E-state index contributed by atoms with van der Waals surface area (Å²) in [5.74, 6) is 0.894. The van der Waals surface area contributed by atoms with Gasteiger partial charge in [0.1, 0.15) is 5.75 Å². The summed E-state index contributed by atoms with van der Waals surface area (Å²) in [4.78, 5) is 17.5. The number of rotatable bonds is 3. The summed E-state index contributed by atoms with van der Waals surface area (Å²) >= 11 is 0. The van der Waals surface area contributed by atoms with Crippen LogP contribution in [-0.2, 0) is 4.74 Å². The summed E-state index contributed by atoms with van der Waals surface area (Å²) in [7, 11) is 1.65. The fourth-order valence-electron chi connectivity index (χ4n) is 4.18. The number of piperazine rings is 1. The quantitative estimate of drug-likeness (QED) is 0.838. The second-order valence-corrected chi connectivity index (χ2v) is 7.29. The number of hydrogen-bond donors (Lipinski definition) is 0. The Morgan fingerprint density at radius 3 is 2.67 bits per heavy atom. The normalized spacial score (nSPS) is 23.0. The van der Waals surface area contributed by atoms with E-state index >= 15 is 0 Å². The predicted octanol–water partition coefficient (Wildman–Crippen LogP) is 2.90. The van der Waals surface area contributed by atoms with Crippen LogP contribution in [0.1, 0.15) is 27.5 Å². The predicted molar refractivity (Wildman–Crippen MR) is 104 cm³/mol. The zero-order chi connectivity index (χ0) is 18.8. The first kappa shape index (κ1) is 18.0. The van der Waals surface area contributed by atoms with Crippen LogP contribution in [0.15, 0.2) is 48.5 Å². The van der Waals surface area contributed by atoms with E-state index in [0.717, 1.165) is 30.0 Å². The first-order valence-electron chi connectivity index (χ1n) is 9.49. The number of methoxy groups -OCH3 is 1. The van der Waals surface area contributed by atoms with E-state index in [4.69, 9.17) is 9.47 Å². The van der Waals surface area contributed by atoms with Gasteiger partial charge in [0.2, 0.25) is 0 Å². The van der Waals surface area contributed by atoms with Crippen LogP contribution < -0.4 is 4.74 Å². The average molecular weight is 366 g/mol. The molecule has 0 saturated carbocycles. The maximum Gasteiger partial charge on any atom is 0.253 e. The Labute approximate surface area is 160 Å². The third-order valence-electron chi connectivity index (χ3n) is 5.63. The molecule has 0 N–H and O–H groups in total. The van der Waals surface area contributed by atoms with Crippen molar-refractivity contribution in [3.05, 3.63) is 65.2 Å². The molecule has 0 radical (unpaired) electrons. The number of hydrogen-bond acceptors (Lipinski definition) is 4. The molecular formula is C22H26N2O3. The largest absolute Gasteiger partial charge is 0.496 e. The van der Waals surface area contributed by atoms with Crippen molar-refractivity contribution in [2.45, 2.75) is 19.0 Å². The molecule has 0 unspecified atom stereocenters. The van der Waals surface area contributed by atoms with E-state index in [1.807, 2.05) is 36.1 Å². The molecule has 2 fully saturated rings. The van der Waals surface area contributed by atoms with E-state index in [1.54, 1.807) is 7.11 Å². The molecule has 2 saturated heterocycles. The van der Waals surface area contributed by atoms with Gasteiger partial charge < -0.3 is 14.4 Å². The van der Waals surface area contributed by atoms with E-state index in [-0.39, 0.29) is 18.0 Å². The molecular weight excluding hydrogens is 340 g/mol. The van der Waals surface area contributed by atoms with Crippen LogP contribution in [0.25, 0.3) is 0 Å². The van der Waals surface area contributed by atoms with Gasteiger partial charge in [0.05, 0.1) is 32.4 Å². The second-order valence-electron chi connectivity index (χ2n) is 7.29. The molecule has 2 aliphatic rings. The highest BCUT2D eigenvalue weighted by Gasteiger charge is 2.37. The molecule has 2 aromatic rings. The summed E-state index contributed by atoms with van der Waals surface area (Å²) in [6, 6.07) is 16.7. The fraction of sp³-hybridized carbons (Fsp3) is 0.409. The number of nitrogens with zero attached hydrogens (tertiary/aromatic N) is 2. The molecule has 27 heavy (non-hydrogen) atoms. The summed E-state index contributed by atoms with van der Waals surface area (Å²) in [5.41, 5.74) is 2.98. The van der Waals surface area contributed by atoms with Crippen LogP contribution in [0.5, 0.6) is 5.75 Å². The topological polar surface area (TPSA) is 42.0 Å². The number of ether oxygens (including phenoxy) is 2. The highest BCUT2D eigenvalue weighted by atomic mass is 16.5. The molecule has 2 aliphatic heterocycles. The lowest BCUT2D eigenvalue weighted by molar-refractivity contribution is -0.0770. The van der Waals surface area contributed by atoms with Gasteiger partial charge in [-0.05, 0) is 36.2 Å². The average Bonchev–Trinajstić information content (AvgIpc) is 2.73. The summed E-state index contributed by atoms with van der Waals surface area (Å²) in [5, 5.41) is 0. The van der Waals surface area contributed by atoms with Gasteiger partial charge in [-0.1, -0.05) is 30.3 Å². The third-order valence-corrected chi connectivity index (χ3v) is 5.63. The van der Waals surface area contributed by atoms with E-state index in [0.29, 0.717) is 19.8 Å². The number of carbonyl (C=O) groups is 1. The number of fused-ring (bicyclic) bond motifs is 1. The number of carbonyl (C=O) groups excluding carboxylic acids is 1. The zero-order valence-electron chi connectivity index (χ0n) is 15.9. The SMILES string of the molecule is COc1ccc(C(=O)N2CCN3[C@@H](COC[C@@H]3c3ccccc3)C2)cc1C. The molecule has 5 heteroatoms. The van der Waals surface area contributed by atoms with Crippen LogP contribution >= 0.6 is 0 Å². The zero-order valence-corrected chi connectivity index (χ0v) is 15.9. The smallest absolute Gasteiger partial charge is 0.253 e. The van der Waals surface area contributed by atoms with Gasteiger partial charge in [-0.25, -0.2) is 0 Å². The minimum absolute atomic E-state index is 0.0854. The van der Waals surface area contributed by atoms with Gasteiger partial charge >= 0.3 is 0 Å². The lowest BCUT2D eigenvalue weighted by Crippen LogP contribution is -2.60. The molecule has 0 aliphatic carbocycles. The fourth-order valence-corrected chi connectivity index (χ4v) is 4.18. The number of benzene rings is 2. The van der Waals surface area contributed by atoms with Gasteiger partial charge in [0.15, 0.2) is 0 Å². The van der Waals surface area contributed by atoms with Gasteiger partial charge in [0.25, 0.3) is 5.91 Å². The van der Waals surface area contributed by atoms with E-state index in [9.17, 15) is 4.79 Å². The molecule has 0 aromatic heterocycles. The Hall–Kier alpha value is -2.37. The summed E-state index contributed by atoms with van der Waals surface area (Å²) in [6.07, 6.45) is 0. The summed E-state index contributed by atoms with van der Waals surface area (Å²) < 4.78 is 11.2. The van der Waals surface area contributed by atoms with Crippen molar-refractivity contribution in [1.29, 1.82) is 0 Å². The Balaban J connectivity index is 1.48. The maximum atomic E-state index is 13.0. The van der Waals surface area contributed by atoms with Crippen molar-refractivity contribution in [1.82, 2.24) is 9.80 Å². The Morgan fingerprint density at radius 1 is 1.11 bits per heavy atom. The first-order chi connectivity index (χ1) is 13.2. The lowest BCUT2D eigenvalue weighted by atomic mass is 9.99. The molecule has 2 atom stereocenters. The van der Waals surface area contributed by atoms with Crippen LogP contribution in [0.3, 0.4) is 0 Å². The van der Waals surface area contributed by atoms with Crippen LogP contribution in [0, 0.1) is 6.92 Å². The standard InChI is InChI=1S/C22H26N2O3/c1-16-12-18(8-9-21(16)26-2)22(25)23-10-11-24-19(13-23)14-27-15-20(24)17-6-4-3-5-7-17/h3-9,12,19-20H,10-11,13-15H2,1-2H3/t19-,20-/m1/s1. The minimum atomic E-state index is 0.0854. The Morgan fingerprint density at radius 2 is 1.93 bits per heavy atom. The highest BCUT2D eigenvalue weighted by molar-refractivity contribution is 5.94. The highest BCUT2D eigenvalue weighted by Crippen LogP contribution is 2.30. The van der Waals surface area contributed by atoms with Crippen molar-refractivity contribution >= 4 is 5.91 Å². The number of aryl methyl sites for hydroxylation is 1. The van der Waals surface area contributed by atoms with Crippen molar-refractivity contribution in [2.75, 3.05) is 40.0 Å². The number of amides is 1. The van der Waals surface area contributed by atoms with Crippen molar-refractivity contribution in [3.8, 4) is 5.75 Å². The summed E-state index contributed by atoms with van der Waals surface area (Å²) in [6.45, 7) is 5.67. The Kier molecular flexibility index (Phi) is 5.14. The third kappa shape index (κ3) is 3.57. The van der Waals surface area contributed by atoms with Crippen molar-refractivity contribution < 1.29 is 14.3 Å². The van der Waals surface area contributed by atoms with E-state index < -0.39 is 0 Å². The van der Waals surface area contributed by atoms with Crippen LogP contribution in [0.4, 0.5) is 0 Å². The number of morpholine rings is 1. The molecule has 2 heterocycles. The van der Waals surface area contributed by atoms with Crippen molar-refractivity contribution in [3.63, 3.8) is 0 Å². The molecule has 5 nitrogen and oxygen atoms in total. The van der Waals surface area contributed by atoms with E-state index in [2.05, 4.69) is 29.2 Å². The molecule has 0 bridgehead atoms. The molecule has 2 aromatic carbocycles. The lowest BCUT2D eigenvalue weighted by Gasteiger charge is -2.48. The van der Waals surface area contributed by atoms with E-state index in [1.165, 1.54) is 5.56 Å². The minimum Gasteiger partial charge on any atom is -0.496 e. The van der Waals surface area contributed by atoms with Crippen LogP contribution in [0.2, 0.25) is 0 Å². The van der Waals surface area contributed by atoms with Gasteiger partial charge in [0, 0.05) is 25.2 Å². The molecule has 0 spiro atoms. The second kappa shape index (κ2) is 7.71. The van der Waals surface area contributed by atoms with Gasteiger partial charge in [-0.15, -0.1) is 0 Å². The first-order valence-corrected chi connectivity index (χ1v) is 9.49. The molecule has 142 valence electrons. The van der Waals surface area contributed by atoms with Gasteiger partial charge in [-0.2, -0.15) is 0 Å².